The lowest BCUT2D eigenvalue weighted by Crippen LogP contribution is -2.20. The fourth-order valence-electron chi connectivity index (χ4n) is 6.17. The van der Waals surface area contributed by atoms with Crippen LogP contribution in [0.2, 0.25) is 0 Å². The number of hydrogen-bond acceptors (Lipinski definition) is 4. The van der Waals surface area contributed by atoms with E-state index in [2.05, 4.69) is 31.7 Å². The Kier molecular flexibility index (Phi) is 10.5. The summed E-state index contributed by atoms with van der Waals surface area (Å²) in [6.07, 6.45) is 3.44. The predicted octanol–water partition coefficient (Wildman–Crippen LogP) is 11.3. The van der Waals surface area contributed by atoms with Gasteiger partial charge in [0.1, 0.15) is 23.0 Å². The second-order valence-electron chi connectivity index (χ2n) is 12.3. The van der Waals surface area contributed by atoms with Crippen LogP contribution < -0.4 is 9.47 Å². The zero-order chi connectivity index (χ0) is 34.2. The number of hydrogen-bond donors (Lipinski definition) is 2. The maximum atomic E-state index is 11.5. The van der Waals surface area contributed by atoms with E-state index >= 15 is 0 Å². The third-order valence-corrected chi connectivity index (χ3v) is 8.86. The van der Waals surface area contributed by atoms with Crippen molar-refractivity contribution in [2.75, 3.05) is 13.2 Å². The van der Waals surface area contributed by atoms with Gasteiger partial charge in [-0.15, -0.1) is 6.58 Å². The number of phenols is 2. The van der Waals surface area contributed by atoms with E-state index in [1.54, 1.807) is 0 Å². The van der Waals surface area contributed by atoms with Gasteiger partial charge in [0.15, 0.2) is 0 Å². The third-order valence-electron chi connectivity index (χ3n) is 8.86. The summed E-state index contributed by atoms with van der Waals surface area (Å²) in [5.74, 6) is 1.84. The van der Waals surface area contributed by atoms with E-state index in [1.807, 2.05) is 128 Å². The van der Waals surface area contributed by atoms with Gasteiger partial charge >= 0.3 is 0 Å². The van der Waals surface area contributed by atoms with Gasteiger partial charge in [-0.3, -0.25) is 0 Å². The Morgan fingerprint density at radius 2 is 1.06 bits per heavy atom. The smallest absolute Gasteiger partial charge is 0.131 e. The zero-order valence-corrected chi connectivity index (χ0v) is 28.1. The fraction of sp³-hybridized carbons (Fsp3) is 0.156. The molecule has 0 amide bonds. The molecule has 6 aromatic rings. The number of aromatic hydroxyl groups is 2. The third kappa shape index (κ3) is 7.55. The molecule has 6 aromatic carbocycles. The standard InChI is InChI=1S/C45H42O4/c1-4-14-33(29-48-42-25-23-31(3)27-40(42)38-21-12-19-36(44(38)46)34-15-8-6-9-16-34)30-49-43-26-24-32(5-2)28-41(43)39-22-13-20-37(45(39)47)35-17-10-7-11-18-35/h4,6-13,15-28,33,46-47H,1,5,14,29-30H2,2-3H3. The molecule has 0 radical (unpaired) electrons. The summed E-state index contributed by atoms with van der Waals surface area (Å²) in [5, 5.41) is 22.9. The van der Waals surface area contributed by atoms with E-state index in [1.165, 1.54) is 0 Å². The second kappa shape index (κ2) is 15.4. The maximum Gasteiger partial charge on any atom is 0.131 e. The Morgan fingerprint density at radius 3 is 1.57 bits per heavy atom. The van der Waals surface area contributed by atoms with Gasteiger partial charge in [-0.2, -0.15) is 0 Å². The molecule has 0 aliphatic rings. The van der Waals surface area contributed by atoms with Crippen molar-refractivity contribution in [1.82, 2.24) is 0 Å². The molecular formula is C45H42O4. The molecule has 6 rings (SSSR count). The van der Waals surface area contributed by atoms with Crippen molar-refractivity contribution in [3.8, 4) is 67.5 Å². The Morgan fingerprint density at radius 1 is 0.571 bits per heavy atom. The first-order chi connectivity index (χ1) is 24.0. The van der Waals surface area contributed by atoms with Gasteiger partial charge in [0.2, 0.25) is 0 Å². The van der Waals surface area contributed by atoms with Crippen LogP contribution in [-0.4, -0.2) is 23.4 Å². The first-order valence-electron chi connectivity index (χ1n) is 16.8. The highest BCUT2D eigenvalue weighted by Crippen LogP contribution is 2.43. The van der Waals surface area contributed by atoms with E-state index in [0.717, 1.165) is 62.1 Å². The van der Waals surface area contributed by atoms with Crippen molar-refractivity contribution in [3.63, 3.8) is 0 Å². The minimum Gasteiger partial charge on any atom is -0.507 e. The number of aryl methyl sites for hydroxylation is 2. The van der Waals surface area contributed by atoms with Crippen LogP contribution in [0.5, 0.6) is 23.0 Å². The molecule has 0 spiro atoms. The summed E-state index contributed by atoms with van der Waals surface area (Å²) in [6, 6.07) is 43.7. The van der Waals surface area contributed by atoms with Crippen LogP contribution >= 0.6 is 0 Å². The van der Waals surface area contributed by atoms with Crippen molar-refractivity contribution in [2.24, 2.45) is 5.92 Å². The monoisotopic (exact) mass is 646 g/mol. The number of allylic oxidation sites excluding steroid dienone is 1. The normalized spacial score (nSPS) is 11.6. The van der Waals surface area contributed by atoms with Gasteiger partial charge in [0, 0.05) is 39.3 Å². The molecule has 0 saturated carbocycles. The first kappa shape index (κ1) is 33.2. The van der Waals surface area contributed by atoms with Crippen molar-refractivity contribution >= 4 is 0 Å². The second-order valence-corrected chi connectivity index (χ2v) is 12.3. The maximum absolute atomic E-state index is 11.5. The van der Waals surface area contributed by atoms with Crippen LogP contribution in [0.1, 0.15) is 24.5 Å². The number of para-hydroxylation sites is 2. The van der Waals surface area contributed by atoms with Crippen LogP contribution in [-0.2, 0) is 6.42 Å². The first-order valence-corrected chi connectivity index (χ1v) is 16.8. The number of phenolic OH excluding ortho intramolecular Hbond substituents is 2. The van der Waals surface area contributed by atoms with Gasteiger partial charge in [0.25, 0.3) is 0 Å². The summed E-state index contributed by atoms with van der Waals surface area (Å²) < 4.78 is 13.0. The quantitative estimate of drug-likeness (QED) is 0.123. The molecule has 0 heterocycles. The Bertz CT molecular complexity index is 2030. The largest absolute Gasteiger partial charge is 0.507 e. The zero-order valence-electron chi connectivity index (χ0n) is 28.1. The summed E-state index contributed by atoms with van der Waals surface area (Å²) in [4.78, 5) is 0. The highest BCUT2D eigenvalue weighted by atomic mass is 16.5. The van der Waals surface area contributed by atoms with E-state index in [4.69, 9.17) is 9.47 Å². The molecule has 0 fully saturated rings. The molecule has 246 valence electrons. The highest BCUT2D eigenvalue weighted by molar-refractivity contribution is 5.85. The molecular weight excluding hydrogens is 604 g/mol. The minimum atomic E-state index is -0.00106. The predicted molar refractivity (Wildman–Crippen MR) is 201 cm³/mol. The average molecular weight is 647 g/mol. The van der Waals surface area contributed by atoms with E-state index < -0.39 is 0 Å². The molecule has 0 saturated heterocycles. The van der Waals surface area contributed by atoms with Crippen molar-refractivity contribution in [2.45, 2.75) is 26.7 Å². The van der Waals surface area contributed by atoms with Gasteiger partial charge in [-0.25, -0.2) is 0 Å². The molecule has 0 aliphatic carbocycles. The number of rotatable bonds is 13. The minimum absolute atomic E-state index is 0.00106. The van der Waals surface area contributed by atoms with E-state index in [9.17, 15) is 10.2 Å². The van der Waals surface area contributed by atoms with Gasteiger partial charge in [0.05, 0.1) is 13.2 Å². The van der Waals surface area contributed by atoms with Crippen LogP contribution in [0.15, 0.2) is 146 Å². The lowest BCUT2D eigenvalue weighted by Gasteiger charge is -2.21. The molecule has 1 atom stereocenters. The van der Waals surface area contributed by atoms with Gasteiger partial charge in [-0.1, -0.05) is 128 Å². The number of ether oxygens (including phenoxy) is 2. The van der Waals surface area contributed by atoms with E-state index in [-0.39, 0.29) is 17.4 Å². The van der Waals surface area contributed by atoms with Crippen molar-refractivity contribution in [1.29, 1.82) is 0 Å². The van der Waals surface area contributed by atoms with Crippen LogP contribution in [0.4, 0.5) is 0 Å². The Labute approximate surface area is 289 Å². The summed E-state index contributed by atoms with van der Waals surface area (Å²) >= 11 is 0. The summed E-state index contributed by atoms with van der Waals surface area (Å²) in [6.45, 7) is 8.93. The van der Waals surface area contributed by atoms with Crippen molar-refractivity contribution in [3.05, 3.63) is 157 Å². The molecule has 49 heavy (non-hydrogen) atoms. The molecule has 2 N–H and O–H groups in total. The molecule has 4 nitrogen and oxygen atoms in total. The Hall–Kier alpha value is -5.74. The summed E-state index contributed by atoms with van der Waals surface area (Å²) in [5.41, 5.74) is 8.81. The summed E-state index contributed by atoms with van der Waals surface area (Å²) in [7, 11) is 0. The lowest BCUT2D eigenvalue weighted by molar-refractivity contribution is 0.179. The number of benzene rings is 6. The fourth-order valence-corrected chi connectivity index (χ4v) is 6.17. The van der Waals surface area contributed by atoms with E-state index in [0.29, 0.717) is 31.1 Å². The SMILES string of the molecule is C=CCC(COc1ccc(C)cc1-c1cccc(-c2ccccc2)c1O)COc1ccc(CC)cc1-c1cccc(-c2ccccc2)c1O. The topological polar surface area (TPSA) is 58.9 Å². The molecule has 0 aliphatic heterocycles. The molecule has 1 unspecified atom stereocenters. The van der Waals surface area contributed by atoms with Crippen molar-refractivity contribution < 1.29 is 19.7 Å². The Balaban J connectivity index is 1.25. The highest BCUT2D eigenvalue weighted by Gasteiger charge is 2.19. The lowest BCUT2D eigenvalue weighted by atomic mass is 9.95. The average Bonchev–Trinajstić information content (AvgIpc) is 3.14. The van der Waals surface area contributed by atoms with Gasteiger partial charge < -0.3 is 19.7 Å². The van der Waals surface area contributed by atoms with Crippen LogP contribution in [0.25, 0.3) is 44.5 Å². The van der Waals surface area contributed by atoms with Crippen LogP contribution in [0, 0.1) is 12.8 Å². The molecule has 4 heteroatoms. The van der Waals surface area contributed by atoms with Crippen LogP contribution in [0.3, 0.4) is 0 Å². The molecule has 0 aromatic heterocycles. The van der Waals surface area contributed by atoms with Gasteiger partial charge in [-0.05, 0) is 60.7 Å². The molecule has 0 bridgehead atoms.